The lowest BCUT2D eigenvalue weighted by molar-refractivity contribution is -0.274. The fourth-order valence-electron chi connectivity index (χ4n) is 3.10. The Labute approximate surface area is 196 Å². The SMILES string of the molecule is N#Cc1cccc(C(=O)CC(=O)Nc2cc(-c3ccc(OC(F)(F)F)cc3)ccc2NC(=O)O)c1. The highest BCUT2D eigenvalue weighted by molar-refractivity contribution is 6.12. The van der Waals surface area contributed by atoms with Crippen molar-refractivity contribution in [3.05, 3.63) is 77.9 Å². The third kappa shape index (κ3) is 7.06. The predicted octanol–water partition coefficient (Wildman–Crippen LogP) is 5.43. The normalized spacial score (nSPS) is 10.7. The highest BCUT2D eigenvalue weighted by Gasteiger charge is 2.31. The molecule has 0 aliphatic rings. The molecule has 3 N–H and O–H groups in total. The number of ketones is 1. The van der Waals surface area contributed by atoms with Crippen molar-refractivity contribution in [2.45, 2.75) is 12.8 Å². The second kappa shape index (κ2) is 10.4. The number of hydrogen-bond acceptors (Lipinski definition) is 5. The Balaban J connectivity index is 1.82. The second-order valence-electron chi connectivity index (χ2n) is 7.10. The molecule has 3 aromatic rings. The summed E-state index contributed by atoms with van der Waals surface area (Å²) in [6, 6.07) is 16.9. The van der Waals surface area contributed by atoms with Gasteiger partial charge in [-0.2, -0.15) is 5.26 Å². The summed E-state index contributed by atoms with van der Waals surface area (Å²) in [6.45, 7) is 0. The van der Waals surface area contributed by atoms with Crippen LogP contribution in [0.1, 0.15) is 22.3 Å². The number of anilines is 2. The molecule has 0 saturated carbocycles. The molecule has 178 valence electrons. The topological polar surface area (TPSA) is 129 Å². The van der Waals surface area contributed by atoms with E-state index in [1.54, 1.807) is 0 Å². The number of Topliss-reactive ketones (excluding diaryl/α,β-unsaturated/α-hetero) is 1. The fourth-order valence-corrected chi connectivity index (χ4v) is 3.10. The van der Waals surface area contributed by atoms with Crippen LogP contribution < -0.4 is 15.4 Å². The van der Waals surface area contributed by atoms with E-state index in [-0.39, 0.29) is 22.5 Å². The Kier molecular flexibility index (Phi) is 7.36. The number of carboxylic acid groups (broad SMARTS) is 1. The first-order valence-electron chi connectivity index (χ1n) is 9.87. The molecule has 8 nitrogen and oxygen atoms in total. The maximum atomic E-state index is 12.5. The van der Waals surface area contributed by atoms with Crippen LogP contribution in [0.5, 0.6) is 5.75 Å². The third-order valence-corrected chi connectivity index (χ3v) is 4.59. The van der Waals surface area contributed by atoms with E-state index in [1.165, 1.54) is 54.6 Å². The molecule has 0 bridgehead atoms. The number of carbonyl (C=O) groups excluding carboxylic acids is 2. The van der Waals surface area contributed by atoms with Crippen molar-refractivity contribution in [3.63, 3.8) is 0 Å². The Hall–Kier alpha value is -4.85. The standard InChI is InChI=1S/C24H16F3N3O5/c25-24(26,27)35-18-7-4-15(5-8-18)16-6-9-19(30-23(33)34)20(11-16)29-22(32)12-21(31)17-3-1-2-14(10-17)13-28/h1-11,30H,12H2,(H,29,32)(H,33,34). The minimum absolute atomic E-state index is 0.0190. The number of nitrogens with zero attached hydrogens (tertiary/aromatic N) is 1. The second-order valence-corrected chi connectivity index (χ2v) is 7.10. The maximum absolute atomic E-state index is 12.5. The Morgan fingerprint density at radius 2 is 1.60 bits per heavy atom. The van der Waals surface area contributed by atoms with Crippen LogP contribution in [0.4, 0.5) is 29.3 Å². The lowest BCUT2D eigenvalue weighted by atomic mass is 10.0. The van der Waals surface area contributed by atoms with E-state index in [0.717, 1.165) is 12.1 Å². The van der Waals surface area contributed by atoms with E-state index in [0.29, 0.717) is 11.1 Å². The first kappa shape index (κ1) is 24.8. The molecule has 0 unspecified atom stereocenters. The first-order valence-corrected chi connectivity index (χ1v) is 9.87. The van der Waals surface area contributed by atoms with Gasteiger partial charge in [0.05, 0.1) is 29.4 Å². The molecular formula is C24H16F3N3O5. The number of carbonyl (C=O) groups is 3. The number of alkyl halides is 3. The number of nitriles is 1. The Morgan fingerprint density at radius 3 is 2.23 bits per heavy atom. The van der Waals surface area contributed by atoms with Crippen LogP contribution in [0.3, 0.4) is 0 Å². The minimum atomic E-state index is -4.84. The van der Waals surface area contributed by atoms with E-state index >= 15 is 0 Å². The molecule has 0 aromatic heterocycles. The van der Waals surface area contributed by atoms with Gasteiger partial charge in [0, 0.05) is 5.56 Å². The van der Waals surface area contributed by atoms with E-state index in [1.807, 2.05) is 6.07 Å². The van der Waals surface area contributed by atoms with Gasteiger partial charge in [0.1, 0.15) is 5.75 Å². The van der Waals surface area contributed by atoms with Crippen LogP contribution in [0.25, 0.3) is 11.1 Å². The molecule has 0 radical (unpaired) electrons. The van der Waals surface area contributed by atoms with Crippen LogP contribution in [-0.2, 0) is 4.79 Å². The molecule has 3 rings (SSSR count). The van der Waals surface area contributed by atoms with Gasteiger partial charge < -0.3 is 15.2 Å². The summed E-state index contributed by atoms with van der Waals surface area (Å²) in [4.78, 5) is 36.1. The highest BCUT2D eigenvalue weighted by Crippen LogP contribution is 2.31. The molecule has 0 fully saturated rings. The summed E-state index contributed by atoms with van der Waals surface area (Å²) >= 11 is 0. The van der Waals surface area contributed by atoms with Gasteiger partial charge in [0.2, 0.25) is 5.91 Å². The Morgan fingerprint density at radius 1 is 0.914 bits per heavy atom. The van der Waals surface area contributed by atoms with Gasteiger partial charge in [0.25, 0.3) is 0 Å². The van der Waals surface area contributed by atoms with Gasteiger partial charge in [0.15, 0.2) is 5.78 Å². The van der Waals surface area contributed by atoms with Crippen molar-refractivity contribution in [1.82, 2.24) is 0 Å². The molecule has 0 saturated heterocycles. The van der Waals surface area contributed by atoms with Crippen molar-refractivity contribution in [1.29, 1.82) is 5.26 Å². The number of amides is 2. The number of benzene rings is 3. The number of hydrogen-bond donors (Lipinski definition) is 3. The van der Waals surface area contributed by atoms with Gasteiger partial charge in [-0.3, -0.25) is 14.9 Å². The number of nitrogens with one attached hydrogen (secondary N) is 2. The highest BCUT2D eigenvalue weighted by atomic mass is 19.4. The van der Waals surface area contributed by atoms with Crippen LogP contribution in [0, 0.1) is 11.3 Å². The molecule has 0 aliphatic carbocycles. The van der Waals surface area contributed by atoms with Crippen LogP contribution in [0.15, 0.2) is 66.7 Å². The van der Waals surface area contributed by atoms with E-state index in [9.17, 15) is 27.6 Å². The van der Waals surface area contributed by atoms with Gasteiger partial charge in [-0.1, -0.05) is 30.3 Å². The molecule has 0 atom stereocenters. The molecule has 0 heterocycles. The smallest absolute Gasteiger partial charge is 0.465 e. The van der Waals surface area contributed by atoms with Gasteiger partial charge in [-0.15, -0.1) is 13.2 Å². The molecule has 3 aromatic carbocycles. The van der Waals surface area contributed by atoms with Crippen molar-refractivity contribution in [2.75, 3.05) is 10.6 Å². The van der Waals surface area contributed by atoms with Crippen LogP contribution >= 0.6 is 0 Å². The molecule has 0 aliphatic heterocycles. The summed E-state index contributed by atoms with van der Waals surface area (Å²) in [5.74, 6) is -1.71. The third-order valence-electron chi connectivity index (χ3n) is 4.59. The van der Waals surface area contributed by atoms with Crippen LogP contribution in [-0.4, -0.2) is 29.3 Å². The zero-order chi connectivity index (χ0) is 25.6. The van der Waals surface area contributed by atoms with E-state index in [4.69, 9.17) is 10.4 Å². The first-order chi connectivity index (χ1) is 16.5. The lowest BCUT2D eigenvalue weighted by Crippen LogP contribution is -2.18. The van der Waals surface area contributed by atoms with Gasteiger partial charge >= 0.3 is 12.5 Å². The summed E-state index contributed by atoms with van der Waals surface area (Å²) < 4.78 is 40.9. The van der Waals surface area contributed by atoms with Crippen molar-refractivity contribution >= 4 is 29.2 Å². The van der Waals surface area contributed by atoms with Gasteiger partial charge in [-0.25, -0.2) is 4.79 Å². The molecule has 35 heavy (non-hydrogen) atoms. The summed E-state index contributed by atoms with van der Waals surface area (Å²) in [5.41, 5.74) is 1.38. The van der Waals surface area contributed by atoms with E-state index < -0.39 is 36.3 Å². The minimum Gasteiger partial charge on any atom is -0.465 e. The molecule has 0 spiro atoms. The zero-order valence-corrected chi connectivity index (χ0v) is 17.7. The average Bonchev–Trinajstić information content (AvgIpc) is 2.79. The van der Waals surface area contributed by atoms with Crippen LogP contribution in [0.2, 0.25) is 0 Å². The number of ether oxygens (including phenoxy) is 1. The summed E-state index contributed by atoms with van der Waals surface area (Å²) in [6.07, 6.45) is -6.81. The number of rotatable bonds is 7. The van der Waals surface area contributed by atoms with E-state index in [2.05, 4.69) is 15.4 Å². The predicted molar refractivity (Wildman–Crippen MR) is 119 cm³/mol. The van der Waals surface area contributed by atoms with Crippen molar-refractivity contribution in [2.24, 2.45) is 0 Å². The van der Waals surface area contributed by atoms with Gasteiger partial charge in [-0.05, 0) is 47.5 Å². The quantitative estimate of drug-likeness (QED) is 0.304. The fraction of sp³-hybridized carbons (Fsp3) is 0.0833. The zero-order valence-electron chi connectivity index (χ0n) is 17.7. The largest absolute Gasteiger partial charge is 0.573 e. The summed E-state index contributed by atoms with van der Waals surface area (Å²) in [5, 5.41) is 22.6. The lowest BCUT2D eigenvalue weighted by Gasteiger charge is -2.14. The number of halogens is 3. The maximum Gasteiger partial charge on any atom is 0.573 e. The molecule has 11 heteroatoms. The van der Waals surface area contributed by atoms with Crippen molar-refractivity contribution in [3.8, 4) is 22.9 Å². The monoisotopic (exact) mass is 483 g/mol. The molecular weight excluding hydrogens is 467 g/mol. The molecule has 2 amide bonds. The average molecular weight is 483 g/mol. The summed E-state index contributed by atoms with van der Waals surface area (Å²) in [7, 11) is 0. The Bertz CT molecular complexity index is 1320. The van der Waals surface area contributed by atoms with Crippen molar-refractivity contribution < 1.29 is 37.4 Å².